The quantitative estimate of drug-likeness (QED) is 0.458. The van der Waals surface area contributed by atoms with Gasteiger partial charge >= 0.3 is 0 Å². The van der Waals surface area contributed by atoms with E-state index >= 15 is 0 Å². The number of allylic oxidation sites excluding steroid dienone is 1. The summed E-state index contributed by atoms with van der Waals surface area (Å²) in [5.74, 6) is 0. The second kappa shape index (κ2) is 6.21. The van der Waals surface area contributed by atoms with Crippen molar-refractivity contribution in [1.82, 2.24) is 4.98 Å². The number of aromatic amines is 1. The van der Waals surface area contributed by atoms with Crippen LogP contribution in [0.25, 0.3) is 27.6 Å². The van der Waals surface area contributed by atoms with Crippen molar-refractivity contribution in [1.29, 1.82) is 0 Å². The molecule has 1 nitrogen and oxygen atoms in total. The molecular weight excluding hydrogens is 290 g/mol. The summed E-state index contributed by atoms with van der Waals surface area (Å²) >= 11 is 0. The van der Waals surface area contributed by atoms with Crippen LogP contribution in [0.3, 0.4) is 0 Å². The molecule has 0 saturated carbocycles. The molecule has 3 aromatic carbocycles. The Morgan fingerprint density at radius 2 is 1.42 bits per heavy atom. The number of benzene rings is 3. The standard InChI is InChI=1S/C23H19N/c1-2-21(23-16-20-10-6-7-11-22(20)24-23)19-14-12-18(13-15-19)17-8-4-3-5-9-17/h2-16,24H,1H3/b21-2+. The molecule has 0 saturated heterocycles. The molecule has 0 aliphatic carbocycles. The summed E-state index contributed by atoms with van der Waals surface area (Å²) in [5, 5.41) is 1.24. The summed E-state index contributed by atoms with van der Waals surface area (Å²) in [6.45, 7) is 2.09. The lowest BCUT2D eigenvalue weighted by Gasteiger charge is -2.07. The molecule has 0 unspecified atom stereocenters. The van der Waals surface area contributed by atoms with Crippen molar-refractivity contribution in [2.45, 2.75) is 6.92 Å². The summed E-state index contributed by atoms with van der Waals surface area (Å²) in [4.78, 5) is 3.52. The summed E-state index contributed by atoms with van der Waals surface area (Å²) in [6, 6.07) is 29.9. The van der Waals surface area contributed by atoms with E-state index in [2.05, 4.69) is 96.8 Å². The highest BCUT2D eigenvalue weighted by Crippen LogP contribution is 2.28. The van der Waals surface area contributed by atoms with Gasteiger partial charge in [-0.15, -0.1) is 0 Å². The Morgan fingerprint density at radius 3 is 2.12 bits per heavy atom. The second-order valence-corrected chi connectivity index (χ2v) is 5.92. The summed E-state index contributed by atoms with van der Waals surface area (Å²) in [6.07, 6.45) is 2.17. The number of hydrogen-bond acceptors (Lipinski definition) is 0. The Balaban J connectivity index is 1.71. The van der Waals surface area contributed by atoms with Crippen molar-refractivity contribution in [3.63, 3.8) is 0 Å². The van der Waals surface area contributed by atoms with Crippen LogP contribution in [0.5, 0.6) is 0 Å². The predicted octanol–water partition coefficient (Wildman–Crippen LogP) is 6.29. The van der Waals surface area contributed by atoms with Crippen molar-refractivity contribution in [2.75, 3.05) is 0 Å². The first-order valence-electron chi connectivity index (χ1n) is 8.25. The normalized spacial score (nSPS) is 11.8. The first-order chi connectivity index (χ1) is 11.8. The molecule has 1 aromatic heterocycles. The van der Waals surface area contributed by atoms with E-state index in [1.54, 1.807) is 0 Å². The Bertz CT molecular complexity index is 956. The average molecular weight is 309 g/mol. The van der Waals surface area contributed by atoms with Gasteiger partial charge in [0.25, 0.3) is 0 Å². The zero-order chi connectivity index (χ0) is 16.4. The molecule has 0 spiro atoms. The highest BCUT2D eigenvalue weighted by molar-refractivity contribution is 5.88. The molecule has 116 valence electrons. The van der Waals surface area contributed by atoms with Gasteiger partial charge in [-0.25, -0.2) is 0 Å². The number of hydrogen-bond donors (Lipinski definition) is 1. The van der Waals surface area contributed by atoms with E-state index in [1.807, 2.05) is 6.07 Å². The van der Waals surface area contributed by atoms with Crippen LogP contribution in [0.4, 0.5) is 0 Å². The highest BCUT2D eigenvalue weighted by atomic mass is 14.7. The molecule has 1 N–H and O–H groups in total. The average Bonchev–Trinajstić information content (AvgIpc) is 3.07. The van der Waals surface area contributed by atoms with Crippen molar-refractivity contribution >= 4 is 16.5 Å². The summed E-state index contributed by atoms with van der Waals surface area (Å²) in [7, 11) is 0. The maximum atomic E-state index is 3.52. The number of fused-ring (bicyclic) bond motifs is 1. The SMILES string of the molecule is C/C=C(\c1ccc(-c2ccccc2)cc1)c1cc2ccccc2[nH]1. The second-order valence-electron chi connectivity index (χ2n) is 5.92. The molecule has 0 atom stereocenters. The molecular formula is C23H19N. The van der Waals surface area contributed by atoms with Crippen molar-refractivity contribution < 1.29 is 0 Å². The van der Waals surface area contributed by atoms with E-state index in [1.165, 1.54) is 33.2 Å². The molecule has 0 radical (unpaired) electrons. The Labute approximate surface area is 142 Å². The van der Waals surface area contributed by atoms with Gasteiger partial charge in [-0.2, -0.15) is 0 Å². The highest BCUT2D eigenvalue weighted by Gasteiger charge is 2.08. The van der Waals surface area contributed by atoms with Crippen LogP contribution in [0.15, 0.2) is 91.0 Å². The van der Waals surface area contributed by atoms with Crippen LogP contribution in [0.2, 0.25) is 0 Å². The van der Waals surface area contributed by atoms with Crippen LogP contribution in [-0.4, -0.2) is 4.98 Å². The first kappa shape index (κ1) is 14.5. The van der Waals surface area contributed by atoms with Gasteiger partial charge in [-0.1, -0.05) is 78.9 Å². The minimum atomic E-state index is 1.16. The first-order valence-corrected chi connectivity index (χ1v) is 8.25. The number of H-pyrrole nitrogens is 1. The van der Waals surface area contributed by atoms with E-state index in [-0.39, 0.29) is 0 Å². The van der Waals surface area contributed by atoms with Gasteiger partial charge in [0.2, 0.25) is 0 Å². The zero-order valence-electron chi connectivity index (χ0n) is 13.7. The number of rotatable bonds is 3. The van der Waals surface area contributed by atoms with Gasteiger partial charge in [0.05, 0.1) is 0 Å². The molecule has 0 aliphatic rings. The van der Waals surface area contributed by atoms with Gasteiger partial charge in [0.1, 0.15) is 0 Å². The maximum Gasteiger partial charge on any atom is 0.0467 e. The lowest BCUT2D eigenvalue weighted by Crippen LogP contribution is -1.88. The van der Waals surface area contributed by atoms with Crippen molar-refractivity contribution in [3.8, 4) is 11.1 Å². The smallest absolute Gasteiger partial charge is 0.0467 e. The largest absolute Gasteiger partial charge is 0.355 e. The van der Waals surface area contributed by atoms with Gasteiger partial charge in [0, 0.05) is 22.2 Å². The number of nitrogens with one attached hydrogen (secondary N) is 1. The van der Waals surface area contributed by atoms with Crippen LogP contribution in [0, 0.1) is 0 Å². The Morgan fingerprint density at radius 1 is 0.750 bits per heavy atom. The topological polar surface area (TPSA) is 15.8 Å². The lowest BCUT2D eigenvalue weighted by molar-refractivity contribution is 1.38. The molecule has 1 heteroatoms. The summed E-state index contributed by atoms with van der Waals surface area (Å²) in [5.41, 5.74) is 7.27. The third-order valence-corrected chi connectivity index (χ3v) is 4.41. The molecule has 1 heterocycles. The predicted molar refractivity (Wildman–Crippen MR) is 103 cm³/mol. The fourth-order valence-corrected chi connectivity index (χ4v) is 3.17. The van der Waals surface area contributed by atoms with E-state index in [9.17, 15) is 0 Å². The van der Waals surface area contributed by atoms with E-state index in [4.69, 9.17) is 0 Å². The third kappa shape index (κ3) is 2.65. The van der Waals surface area contributed by atoms with Gasteiger partial charge < -0.3 is 4.98 Å². The fourth-order valence-electron chi connectivity index (χ4n) is 3.17. The van der Waals surface area contributed by atoms with Gasteiger partial charge in [-0.3, -0.25) is 0 Å². The maximum absolute atomic E-state index is 3.52. The van der Waals surface area contributed by atoms with Crippen LogP contribution < -0.4 is 0 Å². The minimum Gasteiger partial charge on any atom is -0.355 e. The van der Waals surface area contributed by atoms with E-state index in [0.717, 1.165) is 5.69 Å². The van der Waals surface area contributed by atoms with Gasteiger partial charge in [-0.05, 0) is 35.7 Å². The molecule has 0 fully saturated rings. The van der Waals surface area contributed by atoms with Crippen LogP contribution in [-0.2, 0) is 0 Å². The minimum absolute atomic E-state index is 1.16. The lowest BCUT2D eigenvalue weighted by atomic mass is 9.98. The fraction of sp³-hybridized carbons (Fsp3) is 0.0435. The molecule has 0 aliphatic heterocycles. The van der Waals surface area contributed by atoms with Crippen molar-refractivity contribution in [2.24, 2.45) is 0 Å². The summed E-state index contributed by atoms with van der Waals surface area (Å²) < 4.78 is 0. The Hall–Kier alpha value is -3.06. The van der Waals surface area contributed by atoms with Gasteiger partial charge in [0.15, 0.2) is 0 Å². The molecule has 4 aromatic rings. The third-order valence-electron chi connectivity index (χ3n) is 4.41. The molecule has 4 rings (SSSR count). The number of aromatic nitrogens is 1. The van der Waals surface area contributed by atoms with Crippen LogP contribution in [0.1, 0.15) is 18.2 Å². The Kier molecular flexibility index (Phi) is 3.76. The zero-order valence-corrected chi connectivity index (χ0v) is 13.7. The van der Waals surface area contributed by atoms with Crippen molar-refractivity contribution in [3.05, 3.63) is 102 Å². The molecule has 0 amide bonds. The van der Waals surface area contributed by atoms with E-state index in [0.29, 0.717) is 0 Å². The number of para-hydroxylation sites is 1. The monoisotopic (exact) mass is 309 g/mol. The van der Waals surface area contributed by atoms with E-state index < -0.39 is 0 Å². The molecule has 0 bridgehead atoms. The van der Waals surface area contributed by atoms with Crippen LogP contribution >= 0.6 is 0 Å². The molecule has 24 heavy (non-hydrogen) atoms.